The van der Waals surface area contributed by atoms with Crippen LogP contribution < -0.4 is 20.8 Å². The second kappa shape index (κ2) is 15.4. The highest BCUT2D eigenvalue weighted by Crippen LogP contribution is 2.39. The molecule has 7 aromatic rings. The summed E-state index contributed by atoms with van der Waals surface area (Å²) in [5.41, 5.74) is 12.8. The zero-order chi connectivity index (χ0) is 42.9. The van der Waals surface area contributed by atoms with E-state index < -0.39 is 44.6 Å². The van der Waals surface area contributed by atoms with E-state index in [0.717, 1.165) is 70.9 Å². The summed E-state index contributed by atoms with van der Waals surface area (Å²) < 4.78 is 32.7. The summed E-state index contributed by atoms with van der Waals surface area (Å²) >= 11 is 0. The van der Waals surface area contributed by atoms with Gasteiger partial charge in [-0.05, 0) is 118 Å². The highest BCUT2D eigenvalue weighted by atomic mass is 19.1. The molecular formula is C41H39B3F2N10O5. The number of nitrogens with two attached hydrogens (primary N) is 1. The van der Waals surface area contributed by atoms with Crippen molar-refractivity contribution in [1.29, 1.82) is 0 Å². The molecular weight excluding hydrogens is 783 g/mol. The molecule has 0 saturated heterocycles. The maximum absolute atomic E-state index is 15.8. The molecule has 1 aliphatic heterocycles. The minimum absolute atomic E-state index is 0.0659. The van der Waals surface area contributed by atoms with Crippen molar-refractivity contribution in [3.63, 3.8) is 0 Å². The van der Waals surface area contributed by atoms with Gasteiger partial charge in [-0.3, -0.25) is 18.8 Å². The first-order valence-electron chi connectivity index (χ1n) is 20.0. The van der Waals surface area contributed by atoms with E-state index in [0.29, 0.717) is 16.7 Å². The lowest BCUT2D eigenvalue weighted by molar-refractivity contribution is 0.0925. The summed E-state index contributed by atoms with van der Waals surface area (Å²) in [5.74, 6) is -2.49. The van der Waals surface area contributed by atoms with Crippen LogP contribution in [0.15, 0.2) is 72.8 Å². The number of anilines is 6. The third kappa shape index (κ3) is 6.76. The van der Waals surface area contributed by atoms with Crippen molar-refractivity contribution in [2.24, 2.45) is 0 Å². The quantitative estimate of drug-likeness (QED) is 0.0966. The lowest BCUT2D eigenvalue weighted by Crippen LogP contribution is -2.35. The highest BCUT2D eigenvalue weighted by Gasteiger charge is 2.40. The molecule has 5 heterocycles. The third-order valence-electron chi connectivity index (χ3n) is 11.4. The number of rotatable bonds is 8. The molecule has 20 heteroatoms. The van der Waals surface area contributed by atoms with Gasteiger partial charge in [0.15, 0.2) is 46.2 Å². The smallest absolute Gasteiger partial charge is 0.432 e. The van der Waals surface area contributed by atoms with Crippen LogP contribution in [0, 0.1) is 11.6 Å². The zero-order valence-electron chi connectivity index (χ0n) is 33.5. The summed E-state index contributed by atoms with van der Waals surface area (Å²) in [7, 11) is -3.22. The summed E-state index contributed by atoms with van der Waals surface area (Å²) in [6.07, 6.45) is 5.80. The van der Waals surface area contributed by atoms with Crippen molar-refractivity contribution in [2.75, 3.05) is 20.8 Å². The molecule has 4 aromatic heterocycles. The van der Waals surface area contributed by atoms with Crippen LogP contribution in [0.5, 0.6) is 0 Å². The van der Waals surface area contributed by atoms with Crippen LogP contribution >= 0.6 is 0 Å². The van der Waals surface area contributed by atoms with Crippen molar-refractivity contribution in [2.45, 2.75) is 59.0 Å². The predicted octanol–water partition coefficient (Wildman–Crippen LogP) is 5.41. The molecule has 61 heavy (non-hydrogen) atoms. The number of nitrogen functional groups attached to an aromatic ring is 1. The van der Waals surface area contributed by atoms with E-state index >= 15 is 4.39 Å². The number of fused-ring (bicyclic) bond motifs is 5. The van der Waals surface area contributed by atoms with E-state index in [1.165, 1.54) is 40.2 Å². The summed E-state index contributed by atoms with van der Waals surface area (Å²) in [6.45, 7) is 4.52. The number of hydrogen-bond acceptors (Lipinski definition) is 12. The summed E-state index contributed by atoms with van der Waals surface area (Å²) in [6, 6.07) is 20.5. The monoisotopic (exact) mass is 822 g/mol. The van der Waals surface area contributed by atoms with Crippen LogP contribution in [-0.2, 0) is 25.7 Å². The molecule has 0 radical (unpaired) electrons. The molecule has 306 valence electrons. The van der Waals surface area contributed by atoms with Gasteiger partial charge in [0.25, 0.3) is 11.8 Å². The van der Waals surface area contributed by atoms with Gasteiger partial charge in [0, 0.05) is 11.4 Å². The number of aryl methyl sites for hydroxylation is 2. The number of hydrogen-bond donors (Lipinski definition) is 5. The number of nitrogens with zero attached hydrogens (tertiary/aromatic N) is 8. The van der Waals surface area contributed by atoms with Crippen LogP contribution in [-0.4, -0.2) is 77.4 Å². The predicted molar refractivity (Wildman–Crippen MR) is 232 cm³/mol. The molecule has 0 saturated carbocycles. The molecule has 2 amide bonds. The average Bonchev–Trinajstić information content (AvgIpc) is 4.07. The van der Waals surface area contributed by atoms with Crippen LogP contribution in [0.3, 0.4) is 0 Å². The molecule has 0 fully saturated rings. The number of carbonyl (C=O) groups excluding carboxylic acids is 2. The largest absolute Gasteiger partial charge is 0.433 e. The van der Waals surface area contributed by atoms with E-state index in [9.17, 15) is 29.1 Å². The van der Waals surface area contributed by atoms with Crippen LogP contribution in [0.4, 0.5) is 43.4 Å². The highest BCUT2D eigenvalue weighted by molar-refractivity contribution is 6.56. The van der Waals surface area contributed by atoms with Gasteiger partial charge in [-0.2, -0.15) is 10.2 Å². The molecule has 0 spiro atoms. The van der Waals surface area contributed by atoms with E-state index in [-0.39, 0.29) is 45.4 Å². The molecule has 0 unspecified atom stereocenters. The average molecular weight is 822 g/mol. The molecule has 3 aromatic carbocycles. The first-order chi connectivity index (χ1) is 29.3. The lowest BCUT2D eigenvalue weighted by atomic mass is 9.83. The Morgan fingerprint density at radius 3 is 1.97 bits per heavy atom. The number of aromatic nitrogens is 6. The minimum Gasteiger partial charge on any atom is -0.432 e. The number of benzene rings is 3. The second-order valence-corrected chi connectivity index (χ2v) is 15.4. The van der Waals surface area contributed by atoms with E-state index in [1.54, 1.807) is 31.1 Å². The van der Waals surface area contributed by atoms with Crippen molar-refractivity contribution >= 4 is 89.7 Å². The molecule has 3 aliphatic rings. The van der Waals surface area contributed by atoms with Crippen LogP contribution in [0.1, 0.15) is 55.8 Å². The van der Waals surface area contributed by atoms with Gasteiger partial charge in [-0.15, -0.1) is 0 Å². The van der Waals surface area contributed by atoms with E-state index in [1.807, 2.05) is 30.3 Å². The van der Waals surface area contributed by atoms with Gasteiger partial charge in [0.2, 0.25) is 0 Å². The Morgan fingerprint density at radius 1 is 0.721 bits per heavy atom. The number of nitrogens with one attached hydrogen (secondary N) is 1. The number of imide groups is 1. The van der Waals surface area contributed by atoms with Crippen molar-refractivity contribution in [3.8, 4) is 0 Å². The van der Waals surface area contributed by atoms with Gasteiger partial charge in [0.1, 0.15) is 0 Å². The van der Waals surface area contributed by atoms with Crippen LogP contribution in [0.25, 0.3) is 22.1 Å². The topological polar surface area (TPSA) is 201 Å². The van der Waals surface area contributed by atoms with Crippen LogP contribution in [0.2, 0.25) is 20.5 Å². The Kier molecular flexibility index (Phi) is 10.1. The van der Waals surface area contributed by atoms with Crippen molar-refractivity contribution < 1.29 is 33.4 Å². The lowest BCUT2D eigenvalue weighted by Gasteiger charge is -2.27. The Balaban J connectivity index is 0.000000171. The Labute approximate surface area is 349 Å². The molecule has 6 N–H and O–H groups in total. The molecule has 0 atom stereocenters. The molecule has 15 nitrogen and oxygen atoms in total. The SMILES string of the molecule is CB(O)N(c1cccc2c1CCC2)c1nc2c(cc1F)c(N1C(=O)c3ccccc3C1=O)nn2B(C)O.CB(O)n1nc(N)c2cc(F)c(Nc3cccc4c3CCC4)nc21. The maximum Gasteiger partial charge on any atom is 0.433 e. The molecule has 0 bridgehead atoms. The van der Waals surface area contributed by atoms with Gasteiger partial charge in [-0.25, -0.2) is 23.6 Å². The fourth-order valence-corrected chi connectivity index (χ4v) is 8.58. The van der Waals surface area contributed by atoms with Crippen molar-refractivity contribution in [3.05, 3.63) is 118 Å². The van der Waals surface area contributed by atoms with E-state index in [4.69, 9.17) is 5.73 Å². The second-order valence-electron chi connectivity index (χ2n) is 15.4. The van der Waals surface area contributed by atoms with Crippen molar-refractivity contribution in [1.82, 2.24) is 29.4 Å². The number of pyridine rings is 2. The first-order valence-corrected chi connectivity index (χ1v) is 20.0. The van der Waals surface area contributed by atoms with Gasteiger partial charge >= 0.3 is 21.2 Å². The number of carbonyl (C=O) groups is 2. The Morgan fingerprint density at radius 2 is 1.31 bits per heavy atom. The number of halogens is 2. The fraction of sp³-hybridized carbons (Fsp3) is 0.220. The normalized spacial score (nSPS) is 13.9. The molecule has 2 aliphatic carbocycles. The minimum atomic E-state index is -1.20. The third-order valence-corrected chi connectivity index (χ3v) is 11.4. The van der Waals surface area contributed by atoms with E-state index in [2.05, 4.69) is 31.5 Å². The molecule has 10 rings (SSSR count). The summed E-state index contributed by atoms with van der Waals surface area (Å²) in [5, 5.41) is 42.9. The first kappa shape index (κ1) is 39.8. The maximum atomic E-state index is 15.8. The Bertz CT molecular complexity index is 2890. The standard InChI is InChI=1S/C25H22B2FN5O4.C16H17BFN5O/c1-26(36)32(20-12-6-8-14-7-5-11-15(14)20)23-19(28)13-18-21(29-23)33(27(2)37)30-22(18)31-24(34)16-9-3-4-10-17(16)25(31)35;1-17(24)23-16-11(14(19)22-23)8-12(18)15(21-16)20-13-7-3-5-9-4-2-6-10(9)13/h3-4,6,8-10,12-13,36-37H,5,7,11H2,1-2H3;3,5,7-8,24H,2,4,6H2,1H3,(H2,19,22)(H,20,21). The number of amides is 2. The van der Waals surface area contributed by atoms with Gasteiger partial charge < -0.3 is 30.9 Å². The fourth-order valence-electron chi connectivity index (χ4n) is 8.58. The van der Waals surface area contributed by atoms with Gasteiger partial charge in [-0.1, -0.05) is 36.4 Å². The zero-order valence-corrected chi connectivity index (χ0v) is 33.5. The summed E-state index contributed by atoms with van der Waals surface area (Å²) in [4.78, 5) is 37.3. The Hall–Kier alpha value is -6.63. The van der Waals surface area contributed by atoms with Gasteiger partial charge in [0.05, 0.1) is 21.9 Å².